The first-order chi connectivity index (χ1) is 14.7. The van der Waals surface area contributed by atoms with Gasteiger partial charge in [0.25, 0.3) is 0 Å². The van der Waals surface area contributed by atoms with Crippen molar-refractivity contribution in [2.24, 2.45) is 0 Å². The molecule has 30 heavy (non-hydrogen) atoms. The van der Waals surface area contributed by atoms with Gasteiger partial charge >= 0.3 is 186 Å². The van der Waals surface area contributed by atoms with E-state index in [2.05, 4.69) is 91.0 Å². The number of non-ortho nitro benzene ring substituents is 1. The molecule has 0 atom stereocenters. The third-order valence-electron chi connectivity index (χ3n) is 5.30. The molecule has 0 saturated heterocycles. The SMILES string of the molecule is O=[N+]([O-])c1ccc(S[CH2][Sn]([c]2ccccc2)([c]2ccccc2)[c]2ccccc2)cc1. The number of nitrogens with zero attached hydrogens (tertiary/aromatic N) is 1. The summed E-state index contributed by atoms with van der Waals surface area (Å²) in [5, 5.41) is 11.0. The number of rotatable bonds is 7. The van der Waals surface area contributed by atoms with E-state index in [9.17, 15) is 10.1 Å². The molecule has 5 heteroatoms. The van der Waals surface area contributed by atoms with E-state index in [-0.39, 0.29) is 10.6 Å². The number of hydrogen-bond acceptors (Lipinski definition) is 3. The Morgan fingerprint density at radius 3 is 1.40 bits per heavy atom. The maximum atomic E-state index is 11.0. The van der Waals surface area contributed by atoms with Crippen molar-refractivity contribution in [1.82, 2.24) is 0 Å². The van der Waals surface area contributed by atoms with E-state index in [0.717, 1.165) is 8.66 Å². The summed E-state index contributed by atoms with van der Waals surface area (Å²) in [6, 6.07) is 39.5. The average Bonchev–Trinajstić information content (AvgIpc) is 2.82. The van der Waals surface area contributed by atoms with E-state index in [1.54, 1.807) is 23.9 Å². The normalized spacial score (nSPS) is 11.2. The van der Waals surface area contributed by atoms with Crippen LogP contribution in [0.2, 0.25) is 0 Å². The second-order valence-electron chi connectivity index (χ2n) is 7.04. The summed E-state index contributed by atoms with van der Waals surface area (Å²) < 4.78 is 5.26. The zero-order chi connectivity index (χ0) is 20.8. The van der Waals surface area contributed by atoms with Crippen molar-refractivity contribution in [2.75, 3.05) is 3.77 Å². The molecule has 0 bridgehead atoms. The molecule has 0 N–H and O–H groups in total. The van der Waals surface area contributed by atoms with Gasteiger partial charge < -0.3 is 0 Å². The van der Waals surface area contributed by atoms with Crippen molar-refractivity contribution < 1.29 is 4.92 Å². The predicted molar refractivity (Wildman–Crippen MR) is 128 cm³/mol. The van der Waals surface area contributed by atoms with Gasteiger partial charge in [0.1, 0.15) is 0 Å². The zero-order valence-corrected chi connectivity index (χ0v) is 20.0. The molecule has 0 heterocycles. The van der Waals surface area contributed by atoms with E-state index in [0.29, 0.717) is 0 Å². The minimum atomic E-state index is -3.32. The Kier molecular flexibility index (Phi) is 6.55. The second-order valence-corrected chi connectivity index (χ2v) is 20.7. The van der Waals surface area contributed by atoms with E-state index < -0.39 is 18.4 Å². The molecule has 0 amide bonds. The van der Waals surface area contributed by atoms with E-state index in [4.69, 9.17) is 0 Å². The van der Waals surface area contributed by atoms with Crippen LogP contribution in [-0.2, 0) is 0 Å². The first kappa shape index (κ1) is 20.7. The van der Waals surface area contributed by atoms with Crippen LogP contribution in [0, 0.1) is 10.1 Å². The Morgan fingerprint density at radius 1 is 0.633 bits per heavy atom. The summed E-state index contributed by atoms with van der Waals surface area (Å²) in [6.45, 7) is 0. The molecule has 148 valence electrons. The molecule has 0 aromatic heterocycles. The van der Waals surface area contributed by atoms with Crippen molar-refractivity contribution in [1.29, 1.82) is 0 Å². The Bertz CT molecular complexity index is 1010. The Morgan fingerprint density at radius 2 is 1.03 bits per heavy atom. The molecule has 4 aromatic carbocycles. The quantitative estimate of drug-likeness (QED) is 0.158. The molecule has 4 aromatic rings. The fourth-order valence-electron chi connectivity index (χ4n) is 3.77. The Hall–Kier alpha value is -2.57. The Labute approximate surface area is 184 Å². The molecule has 4 rings (SSSR count). The number of nitro groups is 1. The zero-order valence-electron chi connectivity index (χ0n) is 16.3. The summed E-state index contributed by atoms with van der Waals surface area (Å²) in [4.78, 5) is 11.7. The summed E-state index contributed by atoms with van der Waals surface area (Å²) in [5.74, 6) is 0. The predicted octanol–water partition coefficient (Wildman–Crippen LogP) is 4.40. The molecule has 0 radical (unpaired) electrons. The molecular weight excluding hydrogens is 497 g/mol. The van der Waals surface area contributed by atoms with Crippen LogP contribution in [-0.4, -0.2) is 27.1 Å². The standard InChI is InChI=1S/C7H6NO2S.3C6H5.Sn/c1-11-7-4-2-6(3-5-7)8(9)10;3*1-2-4-6-5-3-1;/h2-5H,1H2;3*1-5H;. The number of thioether (sulfide) groups is 1. The molecule has 3 nitrogen and oxygen atoms in total. The van der Waals surface area contributed by atoms with Crippen molar-refractivity contribution in [3.05, 3.63) is 125 Å². The summed E-state index contributed by atoms with van der Waals surface area (Å²) in [7, 11) is 0. The first-order valence-corrected chi connectivity index (χ1v) is 17.0. The monoisotopic (exact) mass is 519 g/mol. The second kappa shape index (κ2) is 9.49. The average molecular weight is 518 g/mol. The molecule has 0 aliphatic heterocycles. The maximum absolute atomic E-state index is 11.0. The van der Waals surface area contributed by atoms with Crippen LogP contribution in [0.3, 0.4) is 0 Å². The van der Waals surface area contributed by atoms with Crippen molar-refractivity contribution in [3.63, 3.8) is 0 Å². The van der Waals surface area contributed by atoms with Gasteiger partial charge in [0.15, 0.2) is 0 Å². The topological polar surface area (TPSA) is 43.1 Å². The van der Waals surface area contributed by atoms with Gasteiger partial charge in [0.2, 0.25) is 0 Å². The molecule has 0 saturated carbocycles. The molecule has 0 unspecified atom stereocenters. The van der Waals surface area contributed by atoms with Crippen LogP contribution >= 0.6 is 11.8 Å². The summed E-state index contributed by atoms with van der Waals surface area (Å²) in [5.41, 5.74) is 0.128. The number of hydrogen-bond donors (Lipinski definition) is 0. The Balaban J connectivity index is 1.81. The van der Waals surface area contributed by atoms with Crippen LogP contribution < -0.4 is 10.7 Å². The fraction of sp³-hybridized carbons (Fsp3) is 0.0400. The van der Waals surface area contributed by atoms with Gasteiger partial charge in [0, 0.05) is 0 Å². The van der Waals surface area contributed by atoms with Gasteiger partial charge in [-0.15, -0.1) is 0 Å². The molecule has 0 spiro atoms. The van der Waals surface area contributed by atoms with E-state index in [1.807, 2.05) is 12.1 Å². The van der Waals surface area contributed by atoms with Crippen LogP contribution in [0.5, 0.6) is 0 Å². The summed E-state index contributed by atoms with van der Waals surface area (Å²) in [6.07, 6.45) is 0. The van der Waals surface area contributed by atoms with Gasteiger partial charge in [0.05, 0.1) is 0 Å². The minimum absolute atomic E-state index is 0.128. The van der Waals surface area contributed by atoms with Crippen molar-refractivity contribution in [3.8, 4) is 0 Å². The van der Waals surface area contributed by atoms with Crippen LogP contribution in [0.15, 0.2) is 120 Å². The van der Waals surface area contributed by atoms with Gasteiger partial charge in [-0.05, 0) is 0 Å². The first-order valence-electron chi connectivity index (χ1n) is 9.74. The summed E-state index contributed by atoms with van der Waals surface area (Å²) >= 11 is -1.51. The van der Waals surface area contributed by atoms with Gasteiger partial charge in [-0.1, -0.05) is 0 Å². The fourth-order valence-corrected chi connectivity index (χ4v) is 21.9. The van der Waals surface area contributed by atoms with Crippen molar-refractivity contribution >= 4 is 46.6 Å². The molecule has 0 fully saturated rings. The van der Waals surface area contributed by atoms with Gasteiger partial charge in [-0.2, -0.15) is 0 Å². The van der Waals surface area contributed by atoms with E-state index in [1.165, 1.54) is 10.7 Å². The van der Waals surface area contributed by atoms with E-state index >= 15 is 0 Å². The molecule has 0 aliphatic carbocycles. The number of nitro benzene ring substituents is 1. The molecular formula is C25H21NO2SSn. The van der Waals surface area contributed by atoms with Gasteiger partial charge in [-0.3, -0.25) is 0 Å². The molecule has 0 aliphatic rings. The third kappa shape index (κ3) is 4.30. The van der Waals surface area contributed by atoms with Crippen LogP contribution in [0.4, 0.5) is 5.69 Å². The third-order valence-corrected chi connectivity index (χ3v) is 22.7. The van der Waals surface area contributed by atoms with Gasteiger partial charge in [-0.25, -0.2) is 0 Å². The number of benzene rings is 4. The van der Waals surface area contributed by atoms with Crippen LogP contribution in [0.25, 0.3) is 0 Å². The van der Waals surface area contributed by atoms with Crippen LogP contribution in [0.1, 0.15) is 0 Å². The van der Waals surface area contributed by atoms with Crippen molar-refractivity contribution in [2.45, 2.75) is 4.90 Å².